The fourth-order valence-electron chi connectivity index (χ4n) is 0.834. The van der Waals surface area contributed by atoms with Gasteiger partial charge in [0.25, 0.3) is 0 Å². The first kappa shape index (κ1) is 11.8. The van der Waals surface area contributed by atoms with Crippen molar-refractivity contribution in [1.29, 1.82) is 0 Å². The highest BCUT2D eigenvalue weighted by Gasteiger charge is 1.97. The van der Waals surface area contributed by atoms with E-state index in [1.54, 1.807) is 0 Å². The van der Waals surface area contributed by atoms with Gasteiger partial charge in [0, 0.05) is 18.7 Å². The van der Waals surface area contributed by atoms with Gasteiger partial charge in [-0.1, -0.05) is 6.92 Å². The first-order chi connectivity index (χ1) is 5.81. The topological polar surface area (TPSA) is 41.1 Å². The molecule has 12 heavy (non-hydrogen) atoms. The van der Waals surface area contributed by atoms with Crippen LogP contribution in [0.3, 0.4) is 0 Å². The summed E-state index contributed by atoms with van der Waals surface area (Å²) in [5.41, 5.74) is 0. The number of thiol groups is 1. The molecule has 0 atom stereocenters. The fourth-order valence-corrected chi connectivity index (χ4v) is 0.946. The van der Waals surface area contributed by atoms with Gasteiger partial charge in [0.15, 0.2) is 0 Å². The Morgan fingerprint density at radius 2 is 2.17 bits per heavy atom. The molecular formula is C8H18N2OS. The minimum atomic E-state index is 0.127. The minimum absolute atomic E-state index is 0.127. The highest BCUT2D eigenvalue weighted by molar-refractivity contribution is 7.80. The second kappa shape index (κ2) is 8.87. The standard InChI is InChI=1S/C8H18N2OS/c1-2-9-5-3-4-8(11)10-6-7-12/h9,12H,2-7H2,1H3,(H,10,11). The summed E-state index contributed by atoms with van der Waals surface area (Å²) in [6.45, 7) is 4.62. The van der Waals surface area contributed by atoms with Crippen molar-refractivity contribution in [3.63, 3.8) is 0 Å². The van der Waals surface area contributed by atoms with E-state index in [1.165, 1.54) is 0 Å². The number of carbonyl (C=O) groups is 1. The number of rotatable bonds is 7. The highest BCUT2D eigenvalue weighted by atomic mass is 32.1. The Labute approximate surface area is 79.7 Å². The largest absolute Gasteiger partial charge is 0.355 e. The first-order valence-corrected chi connectivity index (χ1v) is 5.02. The summed E-state index contributed by atoms with van der Waals surface area (Å²) < 4.78 is 0. The molecule has 72 valence electrons. The Hall–Kier alpha value is -0.220. The Morgan fingerprint density at radius 3 is 2.75 bits per heavy atom. The van der Waals surface area contributed by atoms with Gasteiger partial charge in [0.1, 0.15) is 0 Å². The summed E-state index contributed by atoms with van der Waals surface area (Å²) in [7, 11) is 0. The zero-order chi connectivity index (χ0) is 9.23. The molecule has 0 aromatic carbocycles. The summed E-state index contributed by atoms with van der Waals surface area (Å²) in [5.74, 6) is 0.834. The van der Waals surface area contributed by atoms with Gasteiger partial charge in [0.05, 0.1) is 0 Å². The Morgan fingerprint density at radius 1 is 1.42 bits per heavy atom. The molecule has 0 spiro atoms. The molecule has 0 aliphatic heterocycles. The molecule has 2 N–H and O–H groups in total. The van der Waals surface area contributed by atoms with Gasteiger partial charge in [-0.25, -0.2) is 0 Å². The lowest BCUT2D eigenvalue weighted by Crippen LogP contribution is -2.26. The van der Waals surface area contributed by atoms with Crippen LogP contribution in [-0.2, 0) is 4.79 Å². The van der Waals surface area contributed by atoms with E-state index < -0.39 is 0 Å². The fraction of sp³-hybridized carbons (Fsp3) is 0.875. The average molecular weight is 190 g/mol. The van der Waals surface area contributed by atoms with E-state index in [4.69, 9.17) is 0 Å². The Balaban J connectivity index is 3.08. The van der Waals surface area contributed by atoms with Crippen LogP contribution in [0, 0.1) is 0 Å². The molecule has 0 radical (unpaired) electrons. The van der Waals surface area contributed by atoms with Crippen molar-refractivity contribution in [2.24, 2.45) is 0 Å². The SMILES string of the molecule is CCNCCCC(=O)NCCS. The molecule has 0 aromatic rings. The molecule has 0 fully saturated rings. The molecule has 0 bridgehead atoms. The van der Waals surface area contributed by atoms with Crippen molar-refractivity contribution in [2.45, 2.75) is 19.8 Å². The van der Waals surface area contributed by atoms with E-state index in [9.17, 15) is 4.79 Å². The third-order valence-electron chi connectivity index (χ3n) is 1.44. The first-order valence-electron chi connectivity index (χ1n) is 4.39. The van der Waals surface area contributed by atoms with Crippen LogP contribution in [0.1, 0.15) is 19.8 Å². The van der Waals surface area contributed by atoms with E-state index in [0.29, 0.717) is 18.7 Å². The van der Waals surface area contributed by atoms with Crippen LogP contribution in [0.5, 0.6) is 0 Å². The van der Waals surface area contributed by atoms with Crippen molar-refractivity contribution in [3.8, 4) is 0 Å². The lowest BCUT2D eigenvalue weighted by atomic mass is 10.3. The van der Waals surface area contributed by atoms with Gasteiger partial charge >= 0.3 is 0 Å². The van der Waals surface area contributed by atoms with Gasteiger partial charge in [-0.2, -0.15) is 12.6 Å². The van der Waals surface area contributed by atoms with Crippen molar-refractivity contribution in [2.75, 3.05) is 25.4 Å². The average Bonchev–Trinajstić information content (AvgIpc) is 2.09. The Kier molecular flexibility index (Phi) is 8.71. The van der Waals surface area contributed by atoms with E-state index in [0.717, 1.165) is 19.5 Å². The summed E-state index contributed by atoms with van der Waals surface area (Å²) in [6.07, 6.45) is 1.52. The maximum Gasteiger partial charge on any atom is 0.220 e. The van der Waals surface area contributed by atoms with Gasteiger partial charge in [-0.3, -0.25) is 4.79 Å². The summed E-state index contributed by atoms with van der Waals surface area (Å²) in [4.78, 5) is 11.0. The zero-order valence-electron chi connectivity index (χ0n) is 7.60. The molecule has 4 heteroatoms. The molecule has 0 aliphatic carbocycles. The summed E-state index contributed by atoms with van der Waals surface area (Å²) in [5, 5.41) is 5.93. The Bertz CT molecular complexity index is 120. The second-order valence-electron chi connectivity index (χ2n) is 2.53. The molecule has 0 unspecified atom stereocenters. The van der Waals surface area contributed by atoms with Gasteiger partial charge in [0.2, 0.25) is 5.91 Å². The summed E-state index contributed by atoms with van der Waals surface area (Å²) in [6, 6.07) is 0. The number of amides is 1. The lowest BCUT2D eigenvalue weighted by molar-refractivity contribution is -0.121. The molecule has 1 amide bonds. The van der Waals surface area contributed by atoms with Crippen LogP contribution in [0.4, 0.5) is 0 Å². The quantitative estimate of drug-likeness (QED) is 0.402. The normalized spacial score (nSPS) is 9.83. The smallest absolute Gasteiger partial charge is 0.220 e. The van der Waals surface area contributed by atoms with Gasteiger partial charge < -0.3 is 10.6 Å². The monoisotopic (exact) mass is 190 g/mol. The predicted octanol–water partition coefficient (Wildman–Crippen LogP) is 0.422. The van der Waals surface area contributed by atoms with Crippen molar-refractivity contribution in [1.82, 2.24) is 10.6 Å². The van der Waals surface area contributed by atoms with E-state index >= 15 is 0 Å². The zero-order valence-corrected chi connectivity index (χ0v) is 8.49. The molecule has 3 nitrogen and oxygen atoms in total. The van der Waals surface area contributed by atoms with Gasteiger partial charge in [-0.15, -0.1) is 0 Å². The number of nitrogens with one attached hydrogen (secondary N) is 2. The number of hydrogen-bond donors (Lipinski definition) is 3. The van der Waals surface area contributed by atoms with Crippen molar-refractivity contribution >= 4 is 18.5 Å². The van der Waals surface area contributed by atoms with E-state index in [1.807, 2.05) is 0 Å². The van der Waals surface area contributed by atoms with E-state index in [-0.39, 0.29) is 5.91 Å². The van der Waals surface area contributed by atoms with Crippen LogP contribution < -0.4 is 10.6 Å². The van der Waals surface area contributed by atoms with Crippen LogP contribution in [0.25, 0.3) is 0 Å². The number of carbonyl (C=O) groups excluding carboxylic acids is 1. The lowest BCUT2D eigenvalue weighted by Gasteiger charge is -2.02. The molecule has 0 saturated carbocycles. The minimum Gasteiger partial charge on any atom is -0.355 e. The molecule has 0 saturated heterocycles. The molecule has 0 heterocycles. The molecular weight excluding hydrogens is 172 g/mol. The van der Waals surface area contributed by atoms with Crippen LogP contribution >= 0.6 is 12.6 Å². The van der Waals surface area contributed by atoms with Crippen LogP contribution in [0.2, 0.25) is 0 Å². The predicted molar refractivity (Wildman–Crippen MR) is 54.6 cm³/mol. The third-order valence-corrected chi connectivity index (χ3v) is 1.66. The van der Waals surface area contributed by atoms with Crippen molar-refractivity contribution in [3.05, 3.63) is 0 Å². The van der Waals surface area contributed by atoms with Gasteiger partial charge in [-0.05, 0) is 19.5 Å². The molecule has 0 aromatic heterocycles. The molecule has 0 rings (SSSR count). The maximum atomic E-state index is 11.0. The number of hydrogen-bond acceptors (Lipinski definition) is 3. The summed E-state index contributed by atoms with van der Waals surface area (Å²) >= 11 is 3.99. The highest BCUT2D eigenvalue weighted by Crippen LogP contribution is 1.86. The van der Waals surface area contributed by atoms with Crippen molar-refractivity contribution < 1.29 is 4.79 Å². The third kappa shape index (κ3) is 7.88. The van der Waals surface area contributed by atoms with E-state index in [2.05, 4.69) is 30.2 Å². The molecule has 0 aliphatic rings. The van der Waals surface area contributed by atoms with Crippen LogP contribution in [0.15, 0.2) is 0 Å². The maximum absolute atomic E-state index is 11.0. The van der Waals surface area contributed by atoms with Crippen LogP contribution in [-0.4, -0.2) is 31.3 Å². The second-order valence-corrected chi connectivity index (χ2v) is 2.98.